The van der Waals surface area contributed by atoms with Crippen LogP contribution in [0.5, 0.6) is 5.75 Å². The van der Waals surface area contributed by atoms with E-state index in [2.05, 4.69) is 11.4 Å². The molecular weight excluding hydrogens is 252 g/mol. The number of rotatable bonds is 2. The van der Waals surface area contributed by atoms with Crippen molar-refractivity contribution < 1.29 is 9.53 Å². The number of nitrogens with one attached hydrogen (secondary N) is 1. The summed E-state index contributed by atoms with van der Waals surface area (Å²) in [6.45, 7) is 2.48. The Morgan fingerprint density at radius 2 is 2.25 bits per heavy atom. The Balaban J connectivity index is 1.66. The monoisotopic (exact) mass is 274 g/mol. The highest BCUT2D eigenvalue weighted by Gasteiger charge is 2.31. The molecule has 3 rings (SSSR count). The van der Waals surface area contributed by atoms with E-state index in [1.807, 2.05) is 30.1 Å². The molecule has 1 fully saturated rings. The maximum Gasteiger partial charge on any atom is 0.229 e. The van der Waals surface area contributed by atoms with Crippen LogP contribution in [0.1, 0.15) is 18.4 Å². The quantitative estimate of drug-likeness (QED) is 0.887. The third-order valence-electron chi connectivity index (χ3n) is 4.39. The van der Waals surface area contributed by atoms with Crippen molar-refractivity contribution >= 4 is 5.91 Å². The SMILES string of the molecule is CN(C(=O)C1COc2ccccc2C1)C1CCCNC1. The van der Waals surface area contributed by atoms with Gasteiger partial charge in [0.25, 0.3) is 0 Å². The first-order chi connectivity index (χ1) is 9.75. The van der Waals surface area contributed by atoms with E-state index in [9.17, 15) is 4.79 Å². The Labute approximate surface area is 120 Å². The van der Waals surface area contributed by atoms with E-state index in [1.54, 1.807) is 0 Å². The van der Waals surface area contributed by atoms with E-state index < -0.39 is 0 Å². The van der Waals surface area contributed by atoms with Crippen molar-refractivity contribution in [2.45, 2.75) is 25.3 Å². The molecule has 0 radical (unpaired) electrons. The molecule has 1 aromatic rings. The van der Waals surface area contributed by atoms with Crippen LogP contribution in [0.2, 0.25) is 0 Å². The lowest BCUT2D eigenvalue weighted by molar-refractivity contribution is -0.138. The molecule has 108 valence electrons. The molecule has 1 aromatic carbocycles. The Bertz CT molecular complexity index is 483. The van der Waals surface area contributed by atoms with E-state index in [-0.39, 0.29) is 11.8 Å². The van der Waals surface area contributed by atoms with E-state index in [4.69, 9.17) is 4.74 Å². The second-order valence-electron chi connectivity index (χ2n) is 5.77. The molecule has 1 amide bonds. The van der Waals surface area contributed by atoms with Gasteiger partial charge in [-0.2, -0.15) is 0 Å². The fourth-order valence-corrected chi connectivity index (χ4v) is 3.12. The summed E-state index contributed by atoms with van der Waals surface area (Å²) in [4.78, 5) is 14.6. The zero-order valence-electron chi connectivity index (χ0n) is 12.0. The Morgan fingerprint density at radius 1 is 1.40 bits per heavy atom. The summed E-state index contributed by atoms with van der Waals surface area (Å²) in [5.41, 5.74) is 1.15. The molecule has 20 heavy (non-hydrogen) atoms. The minimum Gasteiger partial charge on any atom is -0.492 e. The molecule has 2 unspecified atom stereocenters. The van der Waals surface area contributed by atoms with Crippen LogP contribution in [0.25, 0.3) is 0 Å². The van der Waals surface area contributed by atoms with Gasteiger partial charge in [0.05, 0.1) is 5.92 Å². The summed E-state index contributed by atoms with van der Waals surface area (Å²) in [5, 5.41) is 3.36. The third kappa shape index (κ3) is 2.66. The number of amides is 1. The number of hydrogen-bond acceptors (Lipinski definition) is 3. The Morgan fingerprint density at radius 3 is 3.05 bits per heavy atom. The van der Waals surface area contributed by atoms with Crippen molar-refractivity contribution in [2.24, 2.45) is 5.92 Å². The van der Waals surface area contributed by atoms with Gasteiger partial charge in [0.2, 0.25) is 5.91 Å². The van der Waals surface area contributed by atoms with Gasteiger partial charge in [-0.25, -0.2) is 0 Å². The maximum atomic E-state index is 12.6. The van der Waals surface area contributed by atoms with E-state index in [0.717, 1.165) is 43.7 Å². The molecule has 4 nitrogen and oxygen atoms in total. The number of hydrogen-bond donors (Lipinski definition) is 1. The summed E-state index contributed by atoms with van der Waals surface area (Å²) in [7, 11) is 1.93. The number of carbonyl (C=O) groups is 1. The largest absolute Gasteiger partial charge is 0.492 e. The zero-order chi connectivity index (χ0) is 13.9. The highest BCUT2D eigenvalue weighted by Crippen LogP contribution is 2.28. The number of piperidine rings is 1. The van der Waals surface area contributed by atoms with E-state index >= 15 is 0 Å². The summed E-state index contributed by atoms with van der Waals surface area (Å²) in [6, 6.07) is 8.33. The Kier molecular flexibility index (Phi) is 3.92. The minimum atomic E-state index is -0.0446. The lowest BCUT2D eigenvalue weighted by Gasteiger charge is -2.35. The zero-order valence-corrected chi connectivity index (χ0v) is 12.0. The molecule has 1 saturated heterocycles. The molecule has 0 aliphatic carbocycles. The summed E-state index contributed by atoms with van der Waals surface area (Å²) >= 11 is 0. The van der Waals surface area contributed by atoms with Gasteiger partial charge in [0.15, 0.2) is 0 Å². The van der Waals surface area contributed by atoms with Gasteiger partial charge < -0.3 is 15.0 Å². The number of carbonyl (C=O) groups excluding carboxylic acids is 1. The van der Waals surface area contributed by atoms with Crippen molar-refractivity contribution in [3.05, 3.63) is 29.8 Å². The van der Waals surface area contributed by atoms with Crippen LogP contribution in [0.15, 0.2) is 24.3 Å². The first kappa shape index (κ1) is 13.4. The van der Waals surface area contributed by atoms with Gasteiger partial charge in [-0.15, -0.1) is 0 Å². The lowest BCUT2D eigenvalue weighted by Crippen LogP contribution is -2.50. The smallest absolute Gasteiger partial charge is 0.229 e. The van der Waals surface area contributed by atoms with Crippen LogP contribution < -0.4 is 10.1 Å². The minimum absolute atomic E-state index is 0.0446. The van der Waals surface area contributed by atoms with Crippen molar-refractivity contribution in [3.63, 3.8) is 0 Å². The third-order valence-corrected chi connectivity index (χ3v) is 4.39. The topological polar surface area (TPSA) is 41.6 Å². The number of fused-ring (bicyclic) bond motifs is 1. The van der Waals surface area contributed by atoms with Crippen molar-refractivity contribution in [3.8, 4) is 5.75 Å². The predicted octanol–water partition coefficient (Wildman–Crippen LogP) is 1.45. The highest BCUT2D eigenvalue weighted by molar-refractivity contribution is 5.80. The number of nitrogens with zero attached hydrogens (tertiary/aromatic N) is 1. The number of likely N-dealkylation sites (N-methyl/N-ethyl adjacent to an activating group) is 1. The molecule has 0 saturated carbocycles. The van der Waals surface area contributed by atoms with E-state index in [0.29, 0.717) is 12.6 Å². The van der Waals surface area contributed by atoms with Crippen molar-refractivity contribution in [1.82, 2.24) is 10.2 Å². The maximum absolute atomic E-state index is 12.6. The van der Waals surface area contributed by atoms with Gasteiger partial charge in [0.1, 0.15) is 12.4 Å². The molecule has 2 aliphatic rings. The van der Waals surface area contributed by atoms with Gasteiger partial charge in [-0.1, -0.05) is 18.2 Å². The fourth-order valence-electron chi connectivity index (χ4n) is 3.12. The second kappa shape index (κ2) is 5.83. The van der Waals surface area contributed by atoms with Crippen LogP contribution >= 0.6 is 0 Å². The summed E-state index contributed by atoms with van der Waals surface area (Å²) in [6.07, 6.45) is 3.03. The molecule has 2 atom stereocenters. The molecular formula is C16H22N2O2. The molecule has 1 N–H and O–H groups in total. The number of ether oxygens (including phenoxy) is 1. The molecule has 4 heteroatoms. The summed E-state index contributed by atoms with van der Waals surface area (Å²) < 4.78 is 5.73. The predicted molar refractivity (Wildman–Crippen MR) is 77.8 cm³/mol. The second-order valence-corrected chi connectivity index (χ2v) is 5.77. The number of para-hydroxylation sites is 1. The van der Waals surface area contributed by atoms with Crippen LogP contribution in [0.4, 0.5) is 0 Å². The van der Waals surface area contributed by atoms with Gasteiger partial charge in [-0.05, 0) is 37.4 Å². The molecule has 0 aromatic heterocycles. The van der Waals surface area contributed by atoms with Crippen LogP contribution in [0.3, 0.4) is 0 Å². The average Bonchev–Trinajstić information content (AvgIpc) is 2.54. The average molecular weight is 274 g/mol. The van der Waals surface area contributed by atoms with Gasteiger partial charge in [-0.3, -0.25) is 4.79 Å². The normalized spacial score (nSPS) is 25.4. The van der Waals surface area contributed by atoms with Gasteiger partial charge in [0, 0.05) is 19.6 Å². The molecule has 0 bridgehead atoms. The molecule has 2 heterocycles. The molecule has 0 spiro atoms. The first-order valence-electron chi connectivity index (χ1n) is 7.44. The van der Waals surface area contributed by atoms with Crippen molar-refractivity contribution in [1.29, 1.82) is 0 Å². The summed E-state index contributed by atoms with van der Waals surface area (Å²) in [5.74, 6) is 1.10. The first-order valence-corrected chi connectivity index (χ1v) is 7.44. The lowest BCUT2D eigenvalue weighted by atomic mass is 9.94. The standard InChI is InChI=1S/C16H22N2O2/c1-18(14-6-4-8-17-10-14)16(19)13-9-12-5-2-3-7-15(12)20-11-13/h2-3,5,7,13-14,17H,4,6,8-11H2,1H3. The van der Waals surface area contributed by atoms with E-state index in [1.165, 1.54) is 0 Å². The van der Waals surface area contributed by atoms with Crippen molar-refractivity contribution in [2.75, 3.05) is 26.7 Å². The Hall–Kier alpha value is -1.55. The molecule has 2 aliphatic heterocycles. The van der Waals surface area contributed by atoms with Crippen LogP contribution in [-0.2, 0) is 11.2 Å². The number of benzene rings is 1. The van der Waals surface area contributed by atoms with Crippen LogP contribution in [-0.4, -0.2) is 43.6 Å². The highest BCUT2D eigenvalue weighted by atomic mass is 16.5. The van der Waals surface area contributed by atoms with Crippen LogP contribution in [0, 0.1) is 5.92 Å². The van der Waals surface area contributed by atoms with Gasteiger partial charge >= 0.3 is 0 Å². The fraction of sp³-hybridized carbons (Fsp3) is 0.562.